The van der Waals surface area contributed by atoms with Gasteiger partial charge in [-0.2, -0.15) is 13.2 Å². The van der Waals surface area contributed by atoms with Crippen molar-refractivity contribution in [2.24, 2.45) is 0 Å². The van der Waals surface area contributed by atoms with Crippen molar-refractivity contribution < 1.29 is 32.6 Å². The van der Waals surface area contributed by atoms with E-state index in [0.29, 0.717) is 42.7 Å². The van der Waals surface area contributed by atoms with Crippen LogP contribution in [-0.4, -0.2) is 58.2 Å². The highest BCUT2D eigenvalue weighted by Gasteiger charge is 2.31. The topological polar surface area (TPSA) is 118 Å². The molecule has 1 saturated heterocycles. The number of hydrogen-bond donors (Lipinski definition) is 5. The third kappa shape index (κ3) is 7.34. The van der Waals surface area contributed by atoms with E-state index in [0.717, 1.165) is 18.9 Å². The van der Waals surface area contributed by atoms with Crippen LogP contribution in [0.3, 0.4) is 0 Å². The van der Waals surface area contributed by atoms with Crippen LogP contribution in [0, 0.1) is 5.82 Å². The predicted molar refractivity (Wildman–Crippen MR) is 137 cm³/mol. The van der Waals surface area contributed by atoms with Gasteiger partial charge in [-0.1, -0.05) is 6.07 Å². The predicted octanol–water partition coefficient (Wildman–Crippen LogP) is 3.19. The summed E-state index contributed by atoms with van der Waals surface area (Å²) < 4.78 is 52.4. The van der Waals surface area contributed by atoms with Crippen molar-refractivity contribution in [2.45, 2.75) is 44.1 Å². The molecule has 0 spiro atoms. The molecule has 2 heterocycles. The summed E-state index contributed by atoms with van der Waals surface area (Å²) in [6.45, 7) is 1.84. The molecule has 4 rings (SSSR count). The number of amides is 1. The fourth-order valence-corrected chi connectivity index (χ4v) is 4.73. The maximum atomic E-state index is 13.9. The third-order valence-corrected chi connectivity index (χ3v) is 6.96. The standard InChI is InChI=1S/C27H30F4N4O4/c28-21-4-1-17(27(29,30)31)13-16(21)14-33-24(38)9-12-35-10-7-18(8-11-35)32-15-23(37)19-2-5-22(36)26-20(19)3-6-25(39)34-26/h1-6,13,18,23,32,36-37H,7-12,14-15H2,(H,33,38)(H,34,39)/t23-/m0/s1. The normalized spacial score (nSPS) is 15.9. The molecule has 1 amide bonds. The molecule has 1 aromatic heterocycles. The zero-order valence-corrected chi connectivity index (χ0v) is 21.0. The minimum atomic E-state index is -4.59. The Labute approximate surface area is 221 Å². The van der Waals surface area contributed by atoms with Crippen LogP contribution in [0.5, 0.6) is 5.75 Å². The first-order valence-corrected chi connectivity index (χ1v) is 12.6. The lowest BCUT2D eigenvalue weighted by molar-refractivity contribution is -0.137. The summed E-state index contributed by atoms with van der Waals surface area (Å²) in [5.41, 5.74) is -0.682. The Balaban J connectivity index is 1.19. The first-order chi connectivity index (χ1) is 18.5. The molecular formula is C27H30F4N4O4. The number of likely N-dealkylation sites (tertiary alicyclic amines) is 1. The number of piperidine rings is 1. The molecule has 1 fully saturated rings. The summed E-state index contributed by atoms with van der Waals surface area (Å²) in [4.78, 5) is 28.5. The summed E-state index contributed by atoms with van der Waals surface area (Å²) >= 11 is 0. The highest BCUT2D eigenvalue weighted by molar-refractivity contribution is 5.87. The number of aromatic hydroxyl groups is 1. The van der Waals surface area contributed by atoms with E-state index in [-0.39, 0.29) is 53.8 Å². The van der Waals surface area contributed by atoms with Crippen molar-refractivity contribution in [2.75, 3.05) is 26.2 Å². The number of carbonyl (C=O) groups is 1. The third-order valence-electron chi connectivity index (χ3n) is 6.96. The average molecular weight is 551 g/mol. The van der Waals surface area contributed by atoms with Gasteiger partial charge in [-0.3, -0.25) is 9.59 Å². The largest absolute Gasteiger partial charge is 0.506 e. The molecule has 0 aliphatic carbocycles. The van der Waals surface area contributed by atoms with Gasteiger partial charge in [-0.15, -0.1) is 0 Å². The summed E-state index contributed by atoms with van der Waals surface area (Å²) in [6.07, 6.45) is -3.75. The highest BCUT2D eigenvalue weighted by Crippen LogP contribution is 2.31. The first kappa shape index (κ1) is 28.5. The number of phenols is 1. The molecule has 1 aliphatic heterocycles. The molecule has 0 bridgehead atoms. The van der Waals surface area contributed by atoms with Gasteiger partial charge in [0, 0.05) is 49.1 Å². The molecule has 5 N–H and O–H groups in total. The number of nitrogens with one attached hydrogen (secondary N) is 3. The number of phenolic OH excluding ortho intramolecular Hbond substituents is 1. The van der Waals surface area contributed by atoms with Crippen molar-refractivity contribution in [3.8, 4) is 5.75 Å². The second kappa shape index (κ2) is 12.1. The van der Waals surface area contributed by atoms with Crippen LogP contribution in [0.1, 0.15) is 42.1 Å². The highest BCUT2D eigenvalue weighted by atomic mass is 19.4. The second-order valence-electron chi connectivity index (χ2n) is 9.66. The molecular weight excluding hydrogens is 520 g/mol. The first-order valence-electron chi connectivity index (χ1n) is 12.6. The molecule has 0 unspecified atom stereocenters. The molecule has 0 radical (unpaired) electrons. The number of aromatic amines is 1. The minimum absolute atomic E-state index is 0.0736. The molecule has 2 aromatic carbocycles. The van der Waals surface area contributed by atoms with Crippen LogP contribution in [0.4, 0.5) is 17.6 Å². The van der Waals surface area contributed by atoms with Gasteiger partial charge in [-0.05, 0) is 61.8 Å². The number of pyridine rings is 1. The number of aromatic nitrogens is 1. The Morgan fingerprint density at radius 2 is 1.87 bits per heavy atom. The Morgan fingerprint density at radius 1 is 1.13 bits per heavy atom. The SMILES string of the molecule is O=C(CCN1CCC(NC[C@H](O)c2ccc(O)c3[nH]c(=O)ccc23)CC1)NCc1cc(C(F)(F)F)ccc1F. The summed E-state index contributed by atoms with van der Waals surface area (Å²) in [5, 5.41) is 27.2. The number of aliphatic hydroxyl groups excluding tert-OH is 1. The summed E-state index contributed by atoms with van der Waals surface area (Å²) in [6, 6.07) is 8.22. The van der Waals surface area contributed by atoms with Gasteiger partial charge in [0.2, 0.25) is 11.5 Å². The lowest BCUT2D eigenvalue weighted by atomic mass is 10.0. The fraction of sp³-hybridized carbons (Fsp3) is 0.407. The van der Waals surface area contributed by atoms with Crippen LogP contribution in [0.15, 0.2) is 47.3 Å². The number of halogens is 4. The molecule has 210 valence electrons. The van der Waals surface area contributed by atoms with Gasteiger partial charge in [0.15, 0.2) is 0 Å². The van der Waals surface area contributed by atoms with Crippen molar-refractivity contribution in [1.29, 1.82) is 0 Å². The van der Waals surface area contributed by atoms with E-state index in [1.807, 2.05) is 0 Å². The van der Waals surface area contributed by atoms with Gasteiger partial charge in [0.1, 0.15) is 11.6 Å². The van der Waals surface area contributed by atoms with Gasteiger partial charge in [0.25, 0.3) is 0 Å². The van der Waals surface area contributed by atoms with Crippen LogP contribution in [0.2, 0.25) is 0 Å². The number of alkyl halides is 3. The van der Waals surface area contributed by atoms with Gasteiger partial charge in [0.05, 0.1) is 17.2 Å². The molecule has 8 nitrogen and oxygen atoms in total. The van der Waals surface area contributed by atoms with Crippen LogP contribution < -0.4 is 16.2 Å². The second-order valence-corrected chi connectivity index (χ2v) is 9.66. The lowest BCUT2D eigenvalue weighted by Crippen LogP contribution is -2.44. The van der Waals surface area contributed by atoms with Gasteiger partial charge in [-0.25, -0.2) is 4.39 Å². The van der Waals surface area contributed by atoms with Crippen LogP contribution >= 0.6 is 0 Å². The fourth-order valence-electron chi connectivity index (χ4n) is 4.73. The zero-order valence-electron chi connectivity index (χ0n) is 21.0. The van der Waals surface area contributed by atoms with E-state index in [4.69, 9.17) is 0 Å². The Bertz CT molecular complexity index is 1370. The molecule has 1 atom stereocenters. The van der Waals surface area contributed by atoms with Crippen LogP contribution in [-0.2, 0) is 17.5 Å². The number of benzene rings is 2. The van der Waals surface area contributed by atoms with Crippen molar-refractivity contribution >= 4 is 16.8 Å². The summed E-state index contributed by atoms with van der Waals surface area (Å²) in [5.74, 6) is -1.26. The number of nitrogens with zero attached hydrogens (tertiary/aromatic N) is 1. The van der Waals surface area contributed by atoms with E-state index in [9.17, 15) is 37.4 Å². The number of hydrogen-bond acceptors (Lipinski definition) is 6. The maximum Gasteiger partial charge on any atom is 0.416 e. The van der Waals surface area contributed by atoms with Crippen molar-refractivity contribution in [3.05, 3.63) is 75.3 Å². The molecule has 3 aromatic rings. The quantitative estimate of drug-likeness (QED) is 0.261. The van der Waals surface area contributed by atoms with E-state index in [2.05, 4.69) is 20.5 Å². The average Bonchev–Trinajstić information content (AvgIpc) is 2.90. The summed E-state index contributed by atoms with van der Waals surface area (Å²) in [7, 11) is 0. The monoisotopic (exact) mass is 550 g/mol. The van der Waals surface area contributed by atoms with Crippen molar-refractivity contribution in [3.63, 3.8) is 0 Å². The number of fused-ring (bicyclic) bond motifs is 1. The Hall–Kier alpha value is -3.48. The van der Waals surface area contributed by atoms with E-state index >= 15 is 0 Å². The van der Waals surface area contributed by atoms with Gasteiger partial charge < -0.3 is 30.7 Å². The Morgan fingerprint density at radius 3 is 2.59 bits per heavy atom. The number of H-pyrrole nitrogens is 1. The molecule has 12 heteroatoms. The molecule has 39 heavy (non-hydrogen) atoms. The smallest absolute Gasteiger partial charge is 0.416 e. The number of rotatable bonds is 9. The number of carbonyl (C=O) groups excluding carboxylic acids is 1. The van der Waals surface area contributed by atoms with E-state index < -0.39 is 23.7 Å². The lowest BCUT2D eigenvalue weighted by Gasteiger charge is -2.32. The Kier molecular flexibility index (Phi) is 8.88. The zero-order chi connectivity index (χ0) is 28.2. The van der Waals surface area contributed by atoms with Crippen molar-refractivity contribution in [1.82, 2.24) is 20.5 Å². The van der Waals surface area contributed by atoms with Gasteiger partial charge >= 0.3 is 6.18 Å². The molecule has 1 aliphatic rings. The van der Waals surface area contributed by atoms with E-state index in [1.165, 1.54) is 12.1 Å². The number of aliphatic hydroxyl groups is 1. The minimum Gasteiger partial charge on any atom is -0.506 e. The van der Waals surface area contributed by atoms with Crippen LogP contribution in [0.25, 0.3) is 10.9 Å². The van der Waals surface area contributed by atoms with E-state index in [1.54, 1.807) is 12.1 Å². The maximum absolute atomic E-state index is 13.9. The molecule has 0 saturated carbocycles.